The first-order valence-electron chi connectivity index (χ1n) is 3.26. The van der Waals surface area contributed by atoms with Gasteiger partial charge < -0.3 is 10.4 Å². The predicted molar refractivity (Wildman–Crippen MR) is 47.7 cm³/mol. The highest BCUT2D eigenvalue weighted by Crippen LogP contribution is 1.81. The summed E-state index contributed by atoms with van der Waals surface area (Å²) in [5, 5.41) is 11.2. The van der Waals surface area contributed by atoms with Gasteiger partial charge in [0.05, 0.1) is 6.42 Å². The van der Waals surface area contributed by atoms with Crippen LogP contribution >= 0.6 is 24.0 Å². The van der Waals surface area contributed by atoms with Crippen LogP contribution in [-0.2, 0) is 4.79 Å². The fraction of sp³-hybridized carbons (Fsp3) is 0.833. The SMILES string of the molecule is Cl.O=C(O)CCNCCCCl. The third-order valence-corrected chi connectivity index (χ3v) is 1.27. The monoisotopic (exact) mass is 201 g/mol. The number of nitrogens with one attached hydrogen (secondary N) is 1. The molecular formula is C6H13Cl2NO2. The number of carboxylic acids is 1. The van der Waals surface area contributed by atoms with E-state index >= 15 is 0 Å². The minimum atomic E-state index is -0.765. The molecular weight excluding hydrogens is 189 g/mol. The standard InChI is InChI=1S/C6H12ClNO2.ClH/c7-3-1-4-8-5-2-6(9)10;/h8H,1-5H2,(H,9,10);1H. The van der Waals surface area contributed by atoms with Gasteiger partial charge in [0, 0.05) is 12.4 Å². The van der Waals surface area contributed by atoms with Gasteiger partial charge in [-0.1, -0.05) is 0 Å². The molecule has 5 heteroatoms. The van der Waals surface area contributed by atoms with E-state index in [1.165, 1.54) is 0 Å². The molecule has 0 radical (unpaired) electrons. The van der Waals surface area contributed by atoms with Crippen LogP contribution in [0.2, 0.25) is 0 Å². The number of hydrogen-bond acceptors (Lipinski definition) is 2. The van der Waals surface area contributed by atoms with Gasteiger partial charge >= 0.3 is 5.97 Å². The topological polar surface area (TPSA) is 49.3 Å². The summed E-state index contributed by atoms with van der Waals surface area (Å²) in [5.74, 6) is -0.140. The van der Waals surface area contributed by atoms with Gasteiger partial charge in [-0.25, -0.2) is 0 Å². The highest BCUT2D eigenvalue weighted by atomic mass is 35.5. The van der Waals surface area contributed by atoms with E-state index in [1.807, 2.05) is 0 Å². The molecule has 0 saturated carbocycles. The molecule has 0 aromatic heterocycles. The van der Waals surface area contributed by atoms with Crippen molar-refractivity contribution in [3.8, 4) is 0 Å². The highest BCUT2D eigenvalue weighted by molar-refractivity contribution is 6.17. The Bertz CT molecular complexity index is 101. The normalized spacial score (nSPS) is 8.82. The summed E-state index contributed by atoms with van der Waals surface area (Å²) in [7, 11) is 0. The van der Waals surface area contributed by atoms with Gasteiger partial charge in [-0.2, -0.15) is 0 Å². The summed E-state index contributed by atoms with van der Waals surface area (Å²) >= 11 is 5.39. The first kappa shape index (κ1) is 13.6. The Morgan fingerprint density at radius 2 is 2.09 bits per heavy atom. The molecule has 0 spiro atoms. The molecule has 0 unspecified atom stereocenters. The molecule has 3 nitrogen and oxygen atoms in total. The average molecular weight is 202 g/mol. The Labute approximate surface area is 77.5 Å². The number of halogens is 2. The molecule has 68 valence electrons. The summed E-state index contributed by atoms with van der Waals surface area (Å²) in [6.45, 7) is 1.34. The number of carbonyl (C=O) groups is 1. The van der Waals surface area contributed by atoms with E-state index in [4.69, 9.17) is 16.7 Å². The van der Waals surface area contributed by atoms with Crippen LogP contribution in [0.15, 0.2) is 0 Å². The molecule has 2 N–H and O–H groups in total. The van der Waals surface area contributed by atoms with Gasteiger partial charge in [-0.3, -0.25) is 4.79 Å². The van der Waals surface area contributed by atoms with E-state index in [0.29, 0.717) is 12.4 Å². The first-order chi connectivity index (χ1) is 4.77. The molecule has 0 aliphatic carbocycles. The predicted octanol–water partition coefficient (Wildman–Crippen LogP) is 1.10. The van der Waals surface area contributed by atoms with Gasteiger partial charge in [-0.15, -0.1) is 24.0 Å². The quantitative estimate of drug-likeness (QED) is 0.500. The number of carboxylic acid groups (broad SMARTS) is 1. The van der Waals surface area contributed by atoms with Crippen molar-refractivity contribution in [1.29, 1.82) is 0 Å². The van der Waals surface area contributed by atoms with Crippen molar-refractivity contribution in [3.63, 3.8) is 0 Å². The molecule has 0 fully saturated rings. The number of hydrogen-bond donors (Lipinski definition) is 2. The lowest BCUT2D eigenvalue weighted by atomic mass is 10.4. The fourth-order valence-electron chi connectivity index (χ4n) is 0.512. The molecule has 11 heavy (non-hydrogen) atoms. The van der Waals surface area contributed by atoms with Crippen molar-refractivity contribution in [2.75, 3.05) is 19.0 Å². The summed E-state index contributed by atoms with van der Waals surface area (Å²) < 4.78 is 0. The Hall–Kier alpha value is 0.01000. The molecule has 0 aromatic carbocycles. The molecule has 0 aliphatic rings. The second kappa shape index (κ2) is 10.0. The maximum Gasteiger partial charge on any atom is 0.304 e. The zero-order valence-electron chi connectivity index (χ0n) is 6.18. The summed E-state index contributed by atoms with van der Waals surface area (Å²) in [6, 6.07) is 0. The maximum atomic E-state index is 9.97. The van der Waals surface area contributed by atoms with Crippen molar-refractivity contribution < 1.29 is 9.90 Å². The van der Waals surface area contributed by atoms with Crippen LogP contribution in [0.25, 0.3) is 0 Å². The minimum absolute atomic E-state index is 0. The Morgan fingerprint density at radius 3 is 2.55 bits per heavy atom. The van der Waals surface area contributed by atoms with Crippen molar-refractivity contribution in [2.24, 2.45) is 0 Å². The second-order valence-corrected chi connectivity index (χ2v) is 2.31. The molecule has 0 atom stereocenters. The lowest BCUT2D eigenvalue weighted by Crippen LogP contribution is -2.19. The van der Waals surface area contributed by atoms with Gasteiger partial charge in [-0.05, 0) is 13.0 Å². The Kier molecular flexibility index (Phi) is 12.4. The van der Waals surface area contributed by atoms with E-state index in [9.17, 15) is 4.79 Å². The van der Waals surface area contributed by atoms with Crippen LogP contribution in [-0.4, -0.2) is 30.0 Å². The van der Waals surface area contributed by atoms with Gasteiger partial charge in [0.1, 0.15) is 0 Å². The Balaban J connectivity index is 0. The third kappa shape index (κ3) is 13.1. The van der Waals surface area contributed by atoms with Crippen LogP contribution in [0.5, 0.6) is 0 Å². The number of aliphatic carboxylic acids is 1. The lowest BCUT2D eigenvalue weighted by molar-refractivity contribution is -0.136. The molecule has 0 aliphatic heterocycles. The molecule has 0 bridgehead atoms. The maximum absolute atomic E-state index is 9.97. The number of alkyl halides is 1. The summed E-state index contributed by atoms with van der Waals surface area (Å²) in [4.78, 5) is 9.97. The average Bonchev–Trinajstić information content (AvgIpc) is 1.87. The second-order valence-electron chi connectivity index (χ2n) is 1.94. The van der Waals surface area contributed by atoms with Crippen molar-refractivity contribution in [1.82, 2.24) is 5.32 Å². The van der Waals surface area contributed by atoms with Crippen LogP contribution in [0, 0.1) is 0 Å². The van der Waals surface area contributed by atoms with Crippen LogP contribution in [0.1, 0.15) is 12.8 Å². The van der Waals surface area contributed by atoms with Crippen LogP contribution in [0.4, 0.5) is 0 Å². The van der Waals surface area contributed by atoms with Crippen molar-refractivity contribution in [2.45, 2.75) is 12.8 Å². The van der Waals surface area contributed by atoms with E-state index < -0.39 is 5.97 Å². The zero-order valence-corrected chi connectivity index (χ0v) is 7.75. The van der Waals surface area contributed by atoms with Crippen molar-refractivity contribution >= 4 is 30.0 Å². The number of rotatable bonds is 6. The van der Waals surface area contributed by atoms with Gasteiger partial charge in [0.15, 0.2) is 0 Å². The largest absolute Gasteiger partial charge is 0.481 e. The molecule has 0 heterocycles. The molecule has 0 rings (SSSR count). The fourth-order valence-corrected chi connectivity index (χ4v) is 0.646. The minimum Gasteiger partial charge on any atom is -0.481 e. The summed E-state index contributed by atoms with van der Waals surface area (Å²) in [5.41, 5.74) is 0. The molecule has 0 saturated heterocycles. The van der Waals surface area contributed by atoms with Crippen LogP contribution in [0.3, 0.4) is 0 Å². The summed E-state index contributed by atoms with van der Waals surface area (Å²) in [6.07, 6.45) is 1.07. The van der Waals surface area contributed by atoms with Gasteiger partial charge in [0.2, 0.25) is 0 Å². The third-order valence-electron chi connectivity index (χ3n) is 1.00. The molecule has 0 amide bonds. The highest BCUT2D eigenvalue weighted by Gasteiger charge is 1.93. The Morgan fingerprint density at radius 1 is 1.45 bits per heavy atom. The zero-order chi connectivity index (χ0) is 7.82. The van der Waals surface area contributed by atoms with Crippen LogP contribution < -0.4 is 5.32 Å². The lowest BCUT2D eigenvalue weighted by Gasteiger charge is -1.98. The van der Waals surface area contributed by atoms with Gasteiger partial charge in [0.25, 0.3) is 0 Å². The van der Waals surface area contributed by atoms with E-state index in [0.717, 1.165) is 13.0 Å². The smallest absolute Gasteiger partial charge is 0.304 e. The van der Waals surface area contributed by atoms with E-state index in [-0.39, 0.29) is 18.8 Å². The van der Waals surface area contributed by atoms with Crippen molar-refractivity contribution in [3.05, 3.63) is 0 Å². The first-order valence-corrected chi connectivity index (χ1v) is 3.79. The van der Waals surface area contributed by atoms with E-state index in [2.05, 4.69) is 5.32 Å². The van der Waals surface area contributed by atoms with E-state index in [1.54, 1.807) is 0 Å². The molecule has 0 aromatic rings.